The predicted octanol–water partition coefficient (Wildman–Crippen LogP) is 1.39. The molecular weight excluding hydrogens is 342 g/mol. The minimum atomic E-state index is -0.780. The molecule has 4 aliphatic rings. The van der Waals surface area contributed by atoms with Gasteiger partial charge in [-0.3, -0.25) is 14.4 Å². The highest BCUT2D eigenvalue weighted by Gasteiger charge is 2.44. The molecule has 7 nitrogen and oxygen atoms in total. The van der Waals surface area contributed by atoms with Gasteiger partial charge < -0.3 is 10.0 Å². The van der Waals surface area contributed by atoms with Crippen molar-refractivity contribution in [3.8, 4) is 0 Å². The lowest BCUT2D eigenvalue weighted by molar-refractivity contribution is -0.142. The van der Waals surface area contributed by atoms with Gasteiger partial charge in [-0.05, 0) is 38.1 Å². The topological polar surface area (TPSA) is 74.5 Å². The lowest BCUT2D eigenvalue weighted by atomic mass is 9.75. The largest absolute Gasteiger partial charge is 0.383 e. The Balaban J connectivity index is 1.39. The molecule has 0 aromatic carbocycles. The van der Waals surface area contributed by atoms with Gasteiger partial charge in [0.05, 0.1) is 18.7 Å². The first-order chi connectivity index (χ1) is 13.0. The van der Waals surface area contributed by atoms with Crippen LogP contribution >= 0.6 is 0 Å². The first-order valence-electron chi connectivity index (χ1n) is 10.2. The third-order valence-corrected chi connectivity index (χ3v) is 6.82. The number of carbonyl (C=O) groups is 1. The van der Waals surface area contributed by atoms with Gasteiger partial charge in [-0.15, -0.1) is 11.7 Å². The third-order valence-electron chi connectivity index (χ3n) is 6.82. The van der Waals surface area contributed by atoms with Crippen LogP contribution < -0.4 is 0 Å². The van der Waals surface area contributed by atoms with Gasteiger partial charge in [-0.2, -0.15) is 0 Å². The minimum absolute atomic E-state index is 0.102. The van der Waals surface area contributed by atoms with Gasteiger partial charge in [0, 0.05) is 26.2 Å². The SMILES string of the molecule is C=CCN(C)C(=O)[C@H]1CN2CC[C@@H]1C[C@@H]2Cn1cc(C2(O)CCCC2)nn1. The van der Waals surface area contributed by atoms with Crippen molar-refractivity contribution in [1.82, 2.24) is 24.8 Å². The summed E-state index contributed by atoms with van der Waals surface area (Å²) < 4.78 is 1.89. The summed E-state index contributed by atoms with van der Waals surface area (Å²) in [5, 5.41) is 19.2. The number of hydrogen-bond acceptors (Lipinski definition) is 5. The lowest BCUT2D eigenvalue weighted by Crippen LogP contribution is -2.58. The van der Waals surface area contributed by atoms with Crippen LogP contribution in [0.5, 0.6) is 0 Å². The first-order valence-corrected chi connectivity index (χ1v) is 10.2. The molecule has 3 aliphatic heterocycles. The molecule has 4 heterocycles. The number of aromatic nitrogens is 3. The van der Waals surface area contributed by atoms with E-state index in [-0.39, 0.29) is 11.8 Å². The van der Waals surface area contributed by atoms with Gasteiger partial charge in [-0.1, -0.05) is 24.1 Å². The van der Waals surface area contributed by atoms with E-state index in [2.05, 4.69) is 21.8 Å². The van der Waals surface area contributed by atoms with Crippen LogP contribution in [0, 0.1) is 11.8 Å². The number of rotatable bonds is 6. The van der Waals surface area contributed by atoms with Crippen LogP contribution in [0.2, 0.25) is 0 Å². The lowest BCUT2D eigenvalue weighted by Gasteiger charge is -2.49. The quantitative estimate of drug-likeness (QED) is 0.763. The third kappa shape index (κ3) is 3.55. The summed E-state index contributed by atoms with van der Waals surface area (Å²) in [5.41, 5.74) is -0.0627. The number of aliphatic hydroxyl groups is 1. The van der Waals surface area contributed by atoms with Crippen molar-refractivity contribution in [3.63, 3.8) is 0 Å². The molecule has 2 bridgehead atoms. The summed E-state index contributed by atoms with van der Waals surface area (Å²) >= 11 is 0. The van der Waals surface area contributed by atoms with Gasteiger partial charge in [-0.25, -0.2) is 0 Å². The van der Waals surface area contributed by atoms with E-state index in [9.17, 15) is 9.90 Å². The number of piperidine rings is 3. The van der Waals surface area contributed by atoms with Crippen LogP contribution in [-0.2, 0) is 16.9 Å². The highest BCUT2D eigenvalue weighted by molar-refractivity contribution is 5.79. The Hall–Kier alpha value is -1.73. The van der Waals surface area contributed by atoms with Crippen molar-refractivity contribution in [1.29, 1.82) is 0 Å². The van der Waals surface area contributed by atoms with Crippen molar-refractivity contribution in [2.45, 2.75) is 56.7 Å². The highest BCUT2D eigenvalue weighted by atomic mass is 16.3. The molecule has 0 spiro atoms. The molecule has 5 rings (SSSR count). The van der Waals surface area contributed by atoms with Crippen LogP contribution in [0.4, 0.5) is 0 Å². The van der Waals surface area contributed by atoms with Crippen molar-refractivity contribution >= 4 is 5.91 Å². The van der Waals surface area contributed by atoms with Crippen molar-refractivity contribution < 1.29 is 9.90 Å². The number of amides is 1. The second-order valence-corrected chi connectivity index (χ2v) is 8.61. The first kappa shape index (κ1) is 18.6. The van der Waals surface area contributed by atoms with E-state index in [1.165, 1.54) is 0 Å². The van der Waals surface area contributed by atoms with Crippen LogP contribution in [0.15, 0.2) is 18.9 Å². The van der Waals surface area contributed by atoms with E-state index in [4.69, 9.17) is 0 Å². The number of likely N-dealkylation sites (N-methyl/N-ethyl adjacent to an activating group) is 1. The Kier molecular flexibility index (Phi) is 5.07. The molecule has 1 amide bonds. The maximum atomic E-state index is 12.7. The normalized spacial score (nSPS) is 31.8. The van der Waals surface area contributed by atoms with Crippen molar-refractivity contribution in [2.75, 3.05) is 26.7 Å². The molecule has 1 aromatic rings. The Bertz CT molecular complexity index is 696. The average Bonchev–Trinajstić information content (AvgIpc) is 3.32. The smallest absolute Gasteiger partial charge is 0.227 e. The minimum Gasteiger partial charge on any atom is -0.383 e. The molecule has 27 heavy (non-hydrogen) atoms. The predicted molar refractivity (Wildman–Crippen MR) is 102 cm³/mol. The Morgan fingerprint density at radius 1 is 1.48 bits per heavy atom. The van der Waals surface area contributed by atoms with Gasteiger partial charge in [0.1, 0.15) is 11.3 Å². The fraction of sp³-hybridized carbons (Fsp3) is 0.750. The Morgan fingerprint density at radius 2 is 2.26 bits per heavy atom. The summed E-state index contributed by atoms with van der Waals surface area (Å²) in [5.74, 6) is 0.793. The molecule has 1 aromatic heterocycles. The molecule has 4 fully saturated rings. The Morgan fingerprint density at radius 3 is 2.93 bits per heavy atom. The Labute approximate surface area is 161 Å². The van der Waals surface area contributed by atoms with Crippen LogP contribution in [0.3, 0.4) is 0 Å². The van der Waals surface area contributed by atoms with Gasteiger partial charge >= 0.3 is 0 Å². The molecule has 1 unspecified atom stereocenters. The molecule has 3 saturated heterocycles. The van der Waals surface area contributed by atoms with Gasteiger partial charge in [0.15, 0.2) is 0 Å². The maximum absolute atomic E-state index is 12.7. The molecule has 1 saturated carbocycles. The van der Waals surface area contributed by atoms with Crippen molar-refractivity contribution in [3.05, 3.63) is 24.5 Å². The van der Waals surface area contributed by atoms with Crippen LogP contribution in [0.1, 0.15) is 44.2 Å². The molecule has 7 heteroatoms. The molecular formula is C20H31N5O2. The van der Waals surface area contributed by atoms with E-state index < -0.39 is 5.60 Å². The molecule has 0 radical (unpaired) electrons. The number of hydrogen-bond donors (Lipinski definition) is 1. The molecule has 4 atom stereocenters. The standard InChI is InChI=1S/C20H31N5O2/c1-3-9-23(2)19(26)17-13-24-10-6-15(17)11-16(24)12-25-14-18(21-22-25)20(27)7-4-5-8-20/h3,14-17,27H,1,4-13H2,2H3/t15-,16-,17+/m1/s1. The van der Waals surface area contributed by atoms with E-state index >= 15 is 0 Å². The van der Waals surface area contributed by atoms with Crippen molar-refractivity contribution in [2.24, 2.45) is 11.8 Å². The fourth-order valence-electron chi connectivity index (χ4n) is 5.21. The van der Waals surface area contributed by atoms with E-state index in [1.807, 2.05) is 17.9 Å². The summed E-state index contributed by atoms with van der Waals surface area (Å²) in [6.45, 7) is 7.01. The van der Waals surface area contributed by atoms with E-state index in [1.54, 1.807) is 11.0 Å². The number of fused-ring (bicyclic) bond motifs is 3. The summed E-state index contributed by atoms with van der Waals surface area (Å²) in [6, 6.07) is 0.394. The van der Waals surface area contributed by atoms with E-state index in [0.29, 0.717) is 18.5 Å². The second kappa shape index (κ2) is 7.36. The summed E-state index contributed by atoms with van der Waals surface area (Å²) in [7, 11) is 1.86. The van der Waals surface area contributed by atoms with Gasteiger partial charge in [0.2, 0.25) is 5.91 Å². The molecule has 1 aliphatic carbocycles. The molecule has 1 N–H and O–H groups in total. The highest BCUT2D eigenvalue weighted by Crippen LogP contribution is 2.39. The maximum Gasteiger partial charge on any atom is 0.227 e. The number of carbonyl (C=O) groups excluding carboxylic acids is 1. The second-order valence-electron chi connectivity index (χ2n) is 8.61. The summed E-state index contributed by atoms with van der Waals surface area (Å²) in [6.07, 6.45) is 9.50. The zero-order chi connectivity index (χ0) is 19.0. The summed E-state index contributed by atoms with van der Waals surface area (Å²) in [4.78, 5) is 17.0. The zero-order valence-corrected chi connectivity index (χ0v) is 16.3. The monoisotopic (exact) mass is 373 g/mol. The average molecular weight is 374 g/mol. The fourth-order valence-corrected chi connectivity index (χ4v) is 5.21. The van der Waals surface area contributed by atoms with Crippen LogP contribution in [0.25, 0.3) is 0 Å². The van der Waals surface area contributed by atoms with E-state index in [0.717, 1.165) is 63.9 Å². The van der Waals surface area contributed by atoms with Crippen LogP contribution in [-0.4, -0.2) is 68.5 Å². The van der Waals surface area contributed by atoms with Gasteiger partial charge in [0.25, 0.3) is 0 Å². The zero-order valence-electron chi connectivity index (χ0n) is 16.3. The molecule has 148 valence electrons. The number of nitrogens with zero attached hydrogens (tertiary/aromatic N) is 5.